The summed E-state index contributed by atoms with van der Waals surface area (Å²) in [5, 5.41) is 3.31. The Hall–Kier alpha value is -2.07. The third-order valence-corrected chi connectivity index (χ3v) is 3.21. The Kier molecular flexibility index (Phi) is 6.03. The van der Waals surface area contributed by atoms with Crippen molar-refractivity contribution in [2.75, 3.05) is 18.5 Å². The maximum Gasteiger partial charge on any atom is 0.168 e. The summed E-state index contributed by atoms with van der Waals surface area (Å²) in [5.74, 6) is 1.58. The molecule has 0 spiro atoms. The van der Waals surface area contributed by atoms with Crippen LogP contribution in [0, 0.1) is 0 Å². The number of ether oxygens (including phenoxy) is 1. The van der Waals surface area contributed by atoms with Crippen LogP contribution >= 0.6 is 0 Å². The van der Waals surface area contributed by atoms with Gasteiger partial charge in [0.05, 0.1) is 6.61 Å². The number of benzene rings is 1. The van der Waals surface area contributed by atoms with Crippen molar-refractivity contribution >= 4 is 5.82 Å². The minimum atomic E-state index is 0.0300. The lowest BCUT2D eigenvalue weighted by Gasteiger charge is -2.14. The monoisotopic (exact) mass is 285 g/mol. The van der Waals surface area contributed by atoms with E-state index in [9.17, 15) is 0 Å². The van der Waals surface area contributed by atoms with Gasteiger partial charge in [-0.2, -0.15) is 0 Å². The van der Waals surface area contributed by atoms with Crippen LogP contribution in [0.5, 0.6) is 5.75 Å². The molecule has 0 saturated carbocycles. The van der Waals surface area contributed by atoms with Gasteiger partial charge in [-0.15, -0.1) is 0 Å². The van der Waals surface area contributed by atoms with Crippen LogP contribution in [-0.4, -0.2) is 18.1 Å². The molecule has 112 valence electrons. The molecular weight excluding hydrogens is 262 g/mol. The van der Waals surface area contributed by atoms with Gasteiger partial charge in [0, 0.05) is 18.8 Å². The van der Waals surface area contributed by atoms with Gasteiger partial charge in [0.25, 0.3) is 0 Å². The standard InChI is InChI=1S/C17H23N3O/c1-2-13-21-16-9-6-11-19-17(16)20-12-10-15(18)14-7-4-3-5-8-14/h3-9,11,15H,2,10,12-13,18H2,1H3,(H,19,20). The summed E-state index contributed by atoms with van der Waals surface area (Å²) in [6, 6.07) is 14.0. The number of nitrogens with one attached hydrogen (secondary N) is 1. The average Bonchev–Trinajstić information content (AvgIpc) is 2.54. The van der Waals surface area contributed by atoms with Gasteiger partial charge < -0.3 is 15.8 Å². The first-order chi connectivity index (χ1) is 10.3. The number of rotatable bonds is 8. The first kappa shape index (κ1) is 15.3. The molecule has 1 aromatic carbocycles. The van der Waals surface area contributed by atoms with E-state index < -0.39 is 0 Å². The lowest BCUT2D eigenvalue weighted by Crippen LogP contribution is -2.16. The van der Waals surface area contributed by atoms with E-state index in [0.717, 1.165) is 36.5 Å². The first-order valence-electron chi connectivity index (χ1n) is 7.43. The van der Waals surface area contributed by atoms with Crippen molar-refractivity contribution in [3.8, 4) is 5.75 Å². The molecule has 0 amide bonds. The summed E-state index contributed by atoms with van der Waals surface area (Å²) >= 11 is 0. The SMILES string of the molecule is CCCOc1cccnc1NCCC(N)c1ccccc1. The quantitative estimate of drug-likeness (QED) is 0.780. The molecule has 1 aromatic heterocycles. The van der Waals surface area contributed by atoms with E-state index in [1.165, 1.54) is 0 Å². The molecule has 0 bridgehead atoms. The van der Waals surface area contributed by atoms with Crippen LogP contribution in [0.3, 0.4) is 0 Å². The number of nitrogens with zero attached hydrogens (tertiary/aromatic N) is 1. The van der Waals surface area contributed by atoms with Crippen LogP contribution in [-0.2, 0) is 0 Å². The highest BCUT2D eigenvalue weighted by atomic mass is 16.5. The van der Waals surface area contributed by atoms with Gasteiger partial charge in [-0.3, -0.25) is 0 Å². The molecule has 2 rings (SSSR count). The molecule has 0 aliphatic carbocycles. The number of hydrogen-bond acceptors (Lipinski definition) is 4. The predicted molar refractivity (Wildman–Crippen MR) is 86.5 cm³/mol. The normalized spacial score (nSPS) is 11.9. The van der Waals surface area contributed by atoms with E-state index in [-0.39, 0.29) is 6.04 Å². The fourth-order valence-corrected chi connectivity index (χ4v) is 2.06. The molecule has 3 N–H and O–H groups in total. The fraction of sp³-hybridized carbons (Fsp3) is 0.353. The number of anilines is 1. The molecule has 0 aliphatic heterocycles. The zero-order valence-corrected chi connectivity index (χ0v) is 12.5. The Bertz CT molecular complexity index is 531. The van der Waals surface area contributed by atoms with E-state index in [2.05, 4.69) is 29.4 Å². The van der Waals surface area contributed by atoms with Crippen LogP contribution in [0.25, 0.3) is 0 Å². The van der Waals surface area contributed by atoms with Crippen molar-refractivity contribution in [2.45, 2.75) is 25.8 Å². The molecule has 0 fully saturated rings. The Morgan fingerprint density at radius 3 is 2.76 bits per heavy atom. The third-order valence-electron chi connectivity index (χ3n) is 3.21. The fourth-order valence-electron chi connectivity index (χ4n) is 2.06. The van der Waals surface area contributed by atoms with E-state index in [0.29, 0.717) is 6.61 Å². The van der Waals surface area contributed by atoms with Crippen LogP contribution < -0.4 is 15.8 Å². The molecule has 4 nitrogen and oxygen atoms in total. The Morgan fingerprint density at radius 2 is 2.00 bits per heavy atom. The van der Waals surface area contributed by atoms with Crippen molar-refractivity contribution in [3.63, 3.8) is 0 Å². The van der Waals surface area contributed by atoms with Gasteiger partial charge in [0.1, 0.15) is 0 Å². The molecule has 2 aromatic rings. The van der Waals surface area contributed by atoms with E-state index in [1.807, 2.05) is 30.3 Å². The maximum absolute atomic E-state index is 6.19. The van der Waals surface area contributed by atoms with Crippen molar-refractivity contribution in [3.05, 3.63) is 54.2 Å². The van der Waals surface area contributed by atoms with Crippen LogP contribution in [0.2, 0.25) is 0 Å². The van der Waals surface area contributed by atoms with Gasteiger partial charge in [-0.05, 0) is 30.5 Å². The second kappa shape index (κ2) is 8.27. The van der Waals surface area contributed by atoms with E-state index in [4.69, 9.17) is 10.5 Å². The zero-order valence-electron chi connectivity index (χ0n) is 12.5. The highest BCUT2D eigenvalue weighted by Crippen LogP contribution is 2.21. The summed E-state index contributed by atoms with van der Waals surface area (Å²) < 4.78 is 5.67. The van der Waals surface area contributed by atoms with Crippen LogP contribution in [0.4, 0.5) is 5.82 Å². The molecular formula is C17H23N3O. The lowest BCUT2D eigenvalue weighted by atomic mass is 10.1. The zero-order chi connectivity index (χ0) is 14.9. The summed E-state index contributed by atoms with van der Waals surface area (Å²) in [6.45, 7) is 3.54. The van der Waals surface area contributed by atoms with Crippen LogP contribution in [0.1, 0.15) is 31.4 Å². The van der Waals surface area contributed by atoms with Gasteiger partial charge >= 0.3 is 0 Å². The molecule has 4 heteroatoms. The highest BCUT2D eigenvalue weighted by Gasteiger charge is 2.07. The summed E-state index contributed by atoms with van der Waals surface area (Å²) in [7, 11) is 0. The molecule has 1 unspecified atom stereocenters. The van der Waals surface area contributed by atoms with Crippen molar-refractivity contribution in [1.29, 1.82) is 0 Å². The summed E-state index contributed by atoms with van der Waals surface area (Å²) in [6.07, 6.45) is 3.58. The Balaban J connectivity index is 1.86. The summed E-state index contributed by atoms with van der Waals surface area (Å²) in [4.78, 5) is 4.32. The number of hydrogen-bond donors (Lipinski definition) is 2. The maximum atomic E-state index is 6.19. The largest absolute Gasteiger partial charge is 0.490 e. The smallest absolute Gasteiger partial charge is 0.168 e. The second-order valence-corrected chi connectivity index (χ2v) is 4.93. The van der Waals surface area contributed by atoms with Crippen molar-refractivity contribution in [2.24, 2.45) is 5.73 Å². The third kappa shape index (κ3) is 4.76. The molecule has 1 heterocycles. The second-order valence-electron chi connectivity index (χ2n) is 4.93. The van der Waals surface area contributed by atoms with Crippen molar-refractivity contribution in [1.82, 2.24) is 4.98 Å². The summed E-state index contributed by atoms with van der Waals surface area (Å²) in [5.41, 5.74) is 7.34. The highest BCUT2D eigenvalue weighted by molar-refractivity contribution is 5.49. The minimum absolute atomic E-state index is 0.0300. The van der Waals surface area contributed by atoms with Gasteiger partial charge in [0.15, 0.2) is 11.6 Å². The molecule has 21 heavy (non-hydrogen) atoms. The minimum Gasteiger partial charge on any atom is -0.490 e. The van der Waals surface area contributed by atoms with Gasteiger partial charge in [-0.1, -0.05) is 37.3 Å². The van der Waals surface area contributed by atoms with Gasteiger partial charge in [0.2, 0.25) is 0 Å². The van der Waals surface area contributed by atoms with E-state index >= 15 is 0 Å². The molecule has 0 saturated heterocycles. The average molecular weight is 285 g/mol. The van der Waals surface area contributed by atoms with E-state index in [1.54, 1.807) is 6.20 Å². The molecule has 0 radical (unpaired) electrons. The number of nitrogens with two attached hydrogens (primary N) is 1. The Morgan fingerprint density at radius 1 is 1.19 bits per heavy atom. The number of pyridine rings is 1. The predicted octanol–water partition coefficient (Wildman–Crippen LogP) is 3.37. The molecule has 0 aliphatic rings. The lowest BCUT2D eigenvalue weighted by molar-refractivity contribution is 0.317. The van der Waals surface area contributed by atoms with Gasteiger partial charge in [-0.25, -0.2) is 4.98 Å². The first-order valence-corrected chi connectivity index (χ1v) is 7.43. The number of aromatic nitrogens is 1. The van der Waals surface area contributed by atoms with Crippen molar-refractivity contribution < 1.29 is 4.74 Å². The van der Waals surface area contributed by atoms with Crippen LogP contribution in [0.15, 0.2) is 48.7 Å². The Labute approximate surface area is 126 Å². The topological polar surface area (TPSA) is 60.2 Å². The molecule has 1 atom stereocenters.